The van der Waals surface area contributed by atoms with E-state index in [4.69, 9.17) is 10.5 Å². The molecule has 1 unspecified atom stereocenters. The van der Waals surface area contributed by atoms with Crippen LogP contribution in [0.3, 0.4) is 0 Å². The van der Waals surface area contributed by atoms with E-state index in [1.54, 1.807) is 13.2 Å². The Morgan fingerprint density at radius 2 is 2.28 bits per heavy atom. The summed E-state index contributed by atoms with van der Waals surface area (Å²) in [5.74, 6) is 0.622. The first-order valence-corrected chi connectivity index (χ1v) is 6.75. The molecular weight excluding hydrogens is 296 g/mol. The SMILES string of the molecule is CCCC(N)CC(=O)Nc1cc(OC)ccc1Br. The number of benzene rings is 1. The van der Waals surface area contributed by atoms with Crippen LogP contribution in [0.2, 0.25) is 0 Å². The number of ether oxygens (including phenoxy) is 1. The molecule has 5 heteroatoms. The summed E-state index contributed by atoms with van der Waals surface area (Å²) in [6.07, 6.45) is 2.17. The number of nitrogens with two attached hydrogens (primary N) is 1. The van der Waals surface area contributed by atoms with Gasteiger partial charge in [-0.1, -0.05) is 13.3 Å². The Bertz CT molecular complexity index is 410. The minimum atomic E-state index is -0.0839. The van der Waals surface area contributed by atoms with E-state index in [1.807, 2.05) is 12.1 Å². The number of carbonyl (C=O) groups excluding carboxylic acids is 1. The molecule has 0 fully saturated rings. The number of carbonyl (C=O) groups is 1. The van der Waals surface area contributed by atoms with Gasteiger partial charge in [-0.05, 0) is 34.5 Å². The summed E-state index contributed by atoms with van der Waals surface area (Å²) in [6, 6.07) is 5.34. The molecule has 3 N–H and O–H groups in total. The Labute approximate surface area is 116 Å². The molecule has 100 valence electrons. The number of hydrogen-bond donors (Lipinski definition) is 2. The average Bonchev–Trinajstić information content (AvgIpc) is 2.32. The molecule has 0 bridgehead atoms. The van der Waals surface area contributed by atoms with Crippen LogP contribution in [-0.2, 0) is 4.79 Å². The molecule has 1 aromatic rings. The smallest absolute Gasteiger partial charge is 0.225 e. The monoisotopic (exact) mass is 314 g/mol. The van der Waals surface area contributed by atoms with Crippen LogP contribution < -0.4 is 15.8 Å². The first-order chi connectivity index (χ1) is 8.56. The fourth-order valence-electron chi connectivity index (χ4n) is 1.64. The van der Waals surface area contributed by atoms with Crippen molar-refractivity contribution in [3.05, 3.63) is 22.7 Å². The van der Waals surface area contributed by atoms with Gasteiger partial charge in [-0.3, -0.25) is 4.79 Å². The molecule has 0 radical (unpaired) electrons. The number of nitrogens with one attached hydrogen (secondary N) is 1. The van der Waals surface area contributed by atoms with Crippen LogP contribution in [0, 0.1) is 0 Å². The van der Waals surface area contributed by atoms with Crippen LogP contribution in [0.5, 0.6) is 5.75 Å². The minimum absolute atomic E-state index is 0.0788. The first kappa shape index (κ1) is 15.0. The summed E-state index contributed by atoms with van der Waals surface area (Å²) < 4.78 is 5.93. The lowest BCUT2D eigenvalue weighted by atomic mass is 10.1. The van der Waals surface area contributed by atoms with E-state index < -0.39 is 0 Å². The fraction of sp³-hybridized carbons (Fsp3) is 0.462. The highest BCUT2D eigenvalue weighted by molar-refractivity contribution is 9.10. The fourth-order valence-corrected chi connectivity index (χ4v) is 1.99. The van der Waals surface area contributed by atoms with Gasteiger partial charge in [0.15, 0.2) is 0 Å². The van der Waals surface area contributed by atoms with Gasteiger partial charge >= 0.3 is 0 Å². The highest BCUT2D eigenvalue weighted by Crippen LogP contribution is 2.27. The zero-order valence-electron chi connectivity index (χ0n) is 10.7. The number of hydrogen-bond acceptors (Lipinski definition) is 3. The highest BCUT2D eigenvalue weighted by Gasteiger charge is 2.11. The summed E-state index contributed by atoms with van der Waals surface area (Å²) >= 11 is 3.38. The van der Waals surface area contributed by atoms with Crippen molar-refractivity contribution < 1.29 is 9.53 Å². The summed E-state index contributed by atoms with van der Waals surface area (Å²) in [5.41, 5.74) is 6.53. The van der Waals surface area contributed by atoms with Crippen LogP contribution >= 0.6 is 15.9 Å². The molecule has 1 rings (SSSR count). The number of halogens is 1. The maximum atomic E-state index is 11.8. The molecule has 1 amide bonds. The second-order valence-corrected chi connectivity index (χ2v) is 5.00. The minimum Gasteiger partial charge on any atom is -0.497 e. The van der Waals surface area contributed by atoms with Crippen molar-refractivity contribution in [2.75, 3.05) is 12.4 Å². The normalized spacial score (nSPS) is 12.0. The van der Waals surface area contributed by atoms with Crippen molar-refractivity contribution in [1.82, 2.24) is 0 Å². The van der Waals surface area contributed by atoms with Gasteiger partial charge in [0.2, 0.25) is 5.91 Å². The van der Waals surface area contributed by atoms with Gasteiger partial charge in [0.05, 0.1) is 12.8 Å². The Hall–Kier alpha value is -1.07. The van der Waals surface area contributed by atoms with E-state index in [2.05, 4.69) is 28.2 Å². The van der Waals surface area contributed by atoms with Crippen molar-refractivity contribution in [3.8, 4) is 5.75 Å². The topological polar surface area (TPSA) is 64.4 Å². The average molecular weight is 315 g/mol. The molecule has 1 aromatic carbocycles. The lowest BCUT2D eigenvalue weighted by molar-refractivity contribution is -0.116. The van der Waals surface area contributed by atoms with Crippen LogP contribution in [-0.4, -0.2) is 19.1 Å². The molecule has 0 aromatic heterocycles. The Balaban J connectivity index is 2.63. The summed E-state index contributed by atoms with van der Waals surface area (Å²) in [7, 11) is 1.59. The molecule has 0 heterocycles. The van der Waals surface area contributed by atoms with Crippen LogP contribution in [0.15, 0.2) is 22.7 Å². The van der Waals surface area contributed by atoms with Crippen LogP contribution in [0.4, 0.5) is 5.69 Å². The Morgan fingerprint density at radius 3 is 2.89 bits per heavy atom. The zero-order chi connectivity index (χ0) is 13.5. The zero-order valence-corrected chi connectivity index (χ0v) is 12.3. The third kappa shape index (κ3) is 4.66. The van der Waals surface area contributed by atoms with Gasteiger partial charge in [0.1, 0.15) is 5.75 Å². The number of amides is 1. The summed E-state index contributed by atoms with van der Waals surface area (Å²) in [4.78, 5) is 11.8. The summed E-state index contributed by atoms with van der Waals surface area (Å²) in [5, 5.41) is 2.83. The van der Waals surface area contributed by atoms with Crippen molar-refractivity contribution in [3.63, 3.8) is 0 Å². The molecule has 0 saturated carbocycles. The van der Waals surface area contributed by atoms with Gasteiger partial charge in [0.25, 0.3) is 0 Å². The molecular formula is C13H19BrN2O2. The van der Waals surface area contributed by atoms with Gasteiger partial charge < -0.3 is 15.8 Å². The highest BCUT2D eigenvalue weighted by atomic mass is 79.9. The van der Waals surface area contributed by atoms with E-state index >= 15 is 0 Å². The van der Waals surface area contributed by atoms with Gasteiger partial charge in [-0.15, -0.1) is 0 Å². The van der Waals surface area contributed by atoms with Crippen molar-refractivity contribution in [1.29, 1.82) is 0 Å². The molecule has 1 atom stereocenters. The van der Waals surface area contributed by atoms with Gasteiger partial charge in [-0.25, -0.2) is 0 Å². The number of rotatable bonds is 6. The quantitative estimate of drug-likeness (QED) is 0.848. The lowest BCUT2D eigenvalue weighted by Crippen LogP contribution is -2.26. The second-order valence-electron chi connectivity index (χ2n) is 4.15. The predicted octanol–water partition coefficient (Wildman–Crippen LogP) is 2.91. The van der Waals surface area contributed by atoms with Crippen molar-refractivity contribution in [2.45, 2.75) is 32.2 Å². The molecule has 0 saturated heterocycles. The van der Waals surface area contributed by atoms with Crippen LogP contribution in [0.25, 0.3) is 0 Å². The van der Waals surface area contributed by atoms with E-state index in [-0.39, 0.29) is 11.9 Å². The molecule has 0 spiro atoms. The number of anilines is 1. The van der Waals surface area contributed by atoms with Gasteiger partial charge in [0, 0.05) is 23.0 Å². The third-order valence-corrected chi connectivity index (χ3v) is 3.25. The molecule has 0 aliphatic heterocycles. The van der Waals surface area contributed by atoms with E-state index in [0.29, 0.717) is 17.9 Å². The van der Waals surface area contributed by atoms with Crippen LogP contribution in [0.1, 0.15) is 26.2 Å². The van der Waals surface area contributed by atoms with Crippen molar-refractivity contribution in [2.24, 2.45) is 5.73 Å². The third-order valence-electron chi connectivity index (χ3n) is 2.55. The Kier molecular flexibility index (Phi) is 6.15. The van der Waals surface area contributed by atoms with E-state index in [1.165, 1.54) is 0 Å². The van der Waals surface area contributed by atoms with E-state index in [9.17, 15) is 4.79 Å². The molecule has 18 heavy (non-hydrogen) atoms. The molecule has 4 nitrogen and oxygen atoms in total. The molecule has 0 aliphatic carbocycles. The predicted molar refractivity (Wildman–Crippen MR) is 76.8 cm³/mol. The standard InChI is InChI=1S/C13H19BrN2O2/c1-3-4-9(15)7-13(17)16-12-8-10(18-2)5-6-11(12)14/h5-6,8-9H,3-4,7,15H2,1-2H3,(H,16,17). The maximum absolute atomic E-state index is 11.8. The summed E-state index contributed by atoms with van der Waals surface area (Å²) in [6.45, 7) is 2.05. The Morgan fingerprint density at radius 1 is 1.56 bits per heavy atom. The first-order valence-electron chi connectivity index (χ1n) is 5.95. The van der Waals surface area contributed by atoms with E-state index in [0.717, 1.165) is 17.3 Å². The number of methoxy groups -OCH3 is 1. The lowest BCUT2D eigenvalue weighted by Gasteiger charge is -2.12. The van der Waals surface area contributed by atoms with Crippen molar-refractivity contribution >= 4 is 27.5 Å². The largest absolute Gasteiger partial charge is 0.497 e. The second kappa shape index (κ2) is 7.38. The van der Waals surface area contributed by atoms with Gasteiger partial charge in [-0.2, -0.15) is 0 Å². The molecule has 0 aliphatic rings. The maximum Gasteiger partial charge on any atom is 0.225 e.